The van der Waals surface area contributed by atoms with E-state index in [0.717, 1.165) is 0 Å². The lowest BCUT2D eigenvalue weighted by atomic mass is 10.1. The first-order valence-electron chi connectivity index (χ1n) is 7.10. The quantitative estimate of drug-likeness (QED) is 0.847. The summed E-state index contributed by atoms with van der Waals surface area (Å²) >= 11 is 0. The molecule has 1 aliphatic heterocycles. The number of fused-ring (bicyclic) bond motifs is 1. The molecule has 1 amide bonds. The number of pyridine rings is 1. The highest BCUT2D eigenvalue weighted by Gasteiger charge is 2.29. The van der Waals surface area contributed by atoms with Gasteiger partial charge < -0.3 is 15.0 Å². The maximum absolute atomic E-state index is 12.4. The number of sulfone groups is 1. The van der Waals surface area contributed by atoms with E-state index in [1.165, 1.54) is 13.3 Å². The molecule has 2 aromatic rings. The molecule has 8 heteroatoms. The highest BCUT2D eigenvalue weighted by molar-refractivity contribution is 7.91. The Labute approximate surface area is 132 Å². The third kappa shape index (κ3) is 3.07. The molecule has 2 N–H and O–H groups in total. The normalized spacial score (nSPS) is 19.6. The Morgan fingerprint density at radius 3 is 2.83 bits per heavy atom. The number of aromatic amines is 1. The number of hydrogen-bond acceptors (Lipinski definition) is 5. The van der Waals surface area contributed by atoms with Gasteiger partial charge in [-0.2, -0.15) is 0 Å². The predicted octanol–water partition coefficient (Wildman–Crippen LogP) is 0.454. The molecule has 7 nitrogen and oxygen atoms in total. The number of hydrogen-bond donors (Lipinski definition) is 2. The minimum Gasteiger partial charge on any atom is -0.497 e. The van der Waals surface area contributed by atoms with E-state index in [2.05, 4.69) is 10.3 Å². The first kappa shape index (κ1) is 15.5. The van der Waals surface area contributed by atoms with Crippen molar-refractivity contribution in [1.82, 2.24) is 10.3 Å². The van der Waals surface area contributed by atoms with E-state index < -0.39 is 27.2 Å². The van der Waals surface area contributed by atoms with Crippen molar-refractivity contribution in [3.63, 3.8) is 0 Å². The molecular formula is C15H16N2O5S. The van der Waals surface area contributed by atoms with Crippen LogP contribution in [-0.4, -0.2) is 44.0 Å². The Hall–Kier alpha value is -2.35. The standard InChI is InChI=1S/C15H16N2O5S/c1-22-10-2-3-11-13(6-10)16-7-12(14(11)18)15(19)17-9-4-5-23(20,21)8-9/h2-3,6-7,9H,4-5,8H2,1H3,(H,16,18)(H,17,19)/t9-/m0/s1. The molecule has 1 aliphatic rings. The predicted molar refractivity (Wildman–Crippen MR) is 85.6 cm³/mol. The Morgan fingerprint density at radius 1 is 1.39 bits per heavy atom. The van der Waals surface area contributed by atoms with Gasteiger partial charge in [-0.05, 0) is 18.6 Å². The molecular weight excluding hydrogens is 320 g/mol. The number of rotatable bonds is 3. The van der Waals surface area contributed by atoms with E-state index >= 15 is 0 Å². The number of aromatic nitrogens is 1. The second-order valence-electron chi connectivity index (χ2n) is 5.52. The number of amides is 1. The summed E-state index contributed by atoms with van der Waals surface area (Å²) in [5.74, 6) is 0.0142. The number of carbonyl (C=O) groups excluding carboxylic acids is 1. The molecule has 0 aliphatic carbocycles. The van der Waals surface area contributed by atoms with Crippen molar-refractivity contribution < 1.29 is 17.9 Å². The largest absolute Gasteiger partial charge is 0.497 e. The molecule has 1 atom stereocenters. The second kappa shape index (κ2) is 5.69. The van der Waals surface area contributed by atoms with E-state index in [1.54, 1.807) is 18.2 Å². The number of ether oxygens (including phenoxy) is 1. The van der Waals surface area contributed by atoms with E-state index in [0.29, 0.717) is 23.1 Å². The Bertz CT molecular complexity index is 933. The molecule has 0 saturated carbocycles. The molecule has 3 rings (SSSR count). The van der Waals surface area contributed by atoms with E-state index in [1.807, 2.05) is 0 Å². The van der Waals surface area contributed by atoms with Gasteiger partial charge in [0.1, 0.15) is 11.3 Å². The van der Waals surface area contributed by atoms with Gasteiger partial charge in [-0.15, -0.1) is 0 Å². The number of carbonyl (C=O) groups is 1. The first-order valence-corrected chi connectivity index (χ1v) is 8.92. The summed E-state index contributed by atoms with van der Waals surface area (Å²) in [6.07, 6.45) is 1.71. The maximum atomic E-state index is 12.4. The van der Waals surface area contributed by atoms with Crippen molar-refractivity contribution in [2.24, 2.45) is 0 Å². The van der Waals surface area contributed by atoms with Crippen molar-refractivity contribution in [1.29, 1.82) is 0 Å². The van der Waals surface area contributed by atoms with Crippen LogP contribution in [-0.2, 0) is 9.84 Å². The van der Waals surface area contributed by atoms with Crippen molar-refractivity contribution in [2.75, 3.05) is 18.6 Å². The van der Waals surface area contributed by atoms with E-state index in [-0.39, 0.29) is 17.1 Å². The van der Waals surface area contributed by atoms with Crippen molar-refractivity contribution in [3.8, 4) is 5.75 Å². The molecule has 1 saturated heterocycles. The number of H-pyrrole nitrogens is 1. The summed E-state index contributed by atoms with van der Waals surface area (Å²) in [5, 5.41) is 2.99. The lowest BCUT2D eigenvalue weighted by Gasteiger charge is -2.11. The first-order chi connectivity index (χ1) is 10.9. The number of methoxy groups -OCH3 is 1. The summed E-state index contributed by atoms with van der Waals surface area (Å²) in [7, 11) is -1.57. The van der Waals surface area contributed by atoms with Gasteiger partial charge in [0.05, 0.1) is 24.1 Å². The van der Waals surface area contributed by atoms with Crippen LogP contribution in [0.5, 0.6) is 5.75 Å². The average molecular weight is 336 g/mol. The summed E-state index contributed by atoms with van der Waals surface area (Å²) in [4.78, 5) is 27.6. The lowest BCUT2D eigenvalue weighted by molar-refractivity contribution is 0.0940. The van der Waals surface area contributed by atoms with Gasteiger partial charge in [-0.25, -0.2) is 8.42 Å². The number of benzene rings is 1. The van der Waals surface area contributed by atoms with Crippen LogP contribution in [0.15, 0.2) is 29.2 Å². The molecule has 0 spiro atoms. The maximum Gasteiger partial charge on any atom is 0.257 e. The monoisotopic (exact) mass is 336 g/mol. The van der Waals surface area contributed by atoms with E-state index in [9.17, 15) is 18.0 Å². The third-order valence-electron chi connectivity index (χ3n) is 3.90. The molecule has 1 aromatic carbocycles. The van der Waals surface area contributed by atoms with Gasteiger partial charge >= 0.3 is 0 Å². The molecule has 0 radical (unpaired) electrons. The molecule has 1 fully saturated rings. The Balaban J connectivity index is 1.89. The van der Waals surface area contributed by atoms with Gasteiger partial charge in [-0.3, -0.25) is 9.59 Å². The zero-order chi connectivity index (χ0) is 16.6. The summed E-state index contributed by atoms with van der Waals surface area (Å²) in [6, 6.07) is 4.45. The Morgan fingerprint density at radius 2 is 2.17 bits per heavy atom. The Kier molecular flexibility index (Phi) is 3.85. The molecule has 122 valence electrons. The average Bonchev–Trinajstić information content (AvgIpc) is 2.85. The van der Waals surface area contributed by atoms with Crippen LogP contribution in [0, 0.1) is 0 Å². The number of nitrogens with one attached hydrogen (secondary N) is 2. The van der Waals surface area contributed by atoms with Gasteiger partial charge in [-0.1, -0.05) is 0 Å². The zero-order valence-corrected chi connectivity index (χ0v) is 13.3. The van der Waals surface area contributed by atoms with Gasteiger partial charge in [0.2, 0.25) is 5.43 Å². The zero-order valence-electron chi connectivity index (χ0n) is 12.5. The lowest BCUT2D eigenvalue weighted by Crippen LogP contribution is -2.38. The van der Waals surface area contributed by atoms with Gasteiger partial charge in [0.25, 0.3) is 5.91 Å². The van der Waals surface area contributed by atoms with Crippen molar-refractivity contribution in [2.45, 2.75) is 12.5 Å². The van der Waals surface area contributed by atoms with Crippen LogP contribution in [0.1, 0.15) is 16.8 Å². The smallest absolute Gasteiger partial charge is 0.257 e. The fourth-order valence-electron chi connectivity index (χ4n) is 2.67. The molecule has 0 bridgehead atoms. The fourth-order valence-corrected chi connectivity index (χ4v) is 4.34. The second-order valence-corrected chi connectivity index (χ2v) is 7.75. The van der Waals surface area contributed by atoms with Crippen molar-refractivity contribution >= 4 is 26.6 Å². The summed E-state index contributed by atoms with van der Waals surface area (Å²) in [6.45, 7) is 0. The topological polar surface area (TPSA) is 105 Å². The summed E-state index contributed by atoms with van der Waals surface area (Å²) in [5.41, 5.74) is 0.126. The van der Waals surface area contributed by atoms with Crippen LogP contribution in [0.4, 0.5) is 0 Å². The summed E-state index contributed by atoms with van der Waals surface area (Å²) < 4.78 is 27.9. The minimum atomic E-state index is -3.09. The molecule has 23 heavy (non-hydrogen) atoms. The SMILES string of the molecule is COc1ccc2c(=O)c(C(=O)N[C@H]3CCS(=O)(=O)C3)c[nH]c2c1. The van der Waals surface area contributed by atoms with Gasteiger partial charge in [0.15, 0.2) is 9.84 Å². The molecule has 0 unspecified atom stereocenters. The van der Waals surface area contributed by atoms with Crippen LogP contribution in [0.2, 0.25) is 0 Å². The van der Waals surface area contributed by atoms with Gasteiger partial charge in [0, 0.05) is 23.7 Å². The molecule has 2 heterocycles. The fraction of sp³-hybridized carbons (Fsp3) is 0.333. The van der Waals surface area contributed by atoms with Crippen LogP contribution in [0.3, 0.4) is 0 Å². The highest BCUT2D eigenvalue weighted by Crippen LogP contribution is 2.17. The van der Waals surface area contributed by atoms with Crippen molar-refractivity contribution in [3.05, 3.63) is 40.2 Å². The minimum absolute atomic E-state index is 0.0352. The van der Waals surface area contributed by atoms with Crippen LogP contribution >= 0.6 is 0 Å². The van der Waals surface area contributed by atoms with E-state index in [4.69, 9.17) is 4.74 Å². The van der Waals surface area contributed by atoms with Crippen LogP contribution < -0.4 is 15.5 Å². The molecule has 1 aromatic heterocycles. The third-order valence-corrected chi connectivity index (χ3v) is 5.67. The highest BCUT2D eigenvalue weighted by atomic mass is 32.2. The van der Waals surface area contributed by atoms with Crippen LogP contribution in [0.25, 0.3) is 10.9 Å².